The number of hydrogen-bond acceptors (Lipinski definition) is 3. The summed E-state index contributed by atoms with van der Waals surface area (Å²) in [6, 6.07) is 1.89. The van der Waals surface area contributed by atoms with Gasteiger partial charge in [-0.05, 0) is 29.9 Å². The topological polar surface area (TPSA) is 40.5 Å². The molecule has 0 saturated heterocycles. The number of hydrogen-bond donors (Lipinski definition) is 2. The molecule has 2 N–H and O–H groups in total. The summed E-state index contributed by atoms with van der Waals surface area (Å²) in [6.45, 7) is 2.20. The first-order valence-electron chi connectivity index (χ1n) is 5.17. The maximum atomic E-state index is 8.91. The van der Waals surface area contributed by atoms with Crippen molar-refractivity contribution in [2.24, 2.45) is 0 Å². The zero-order valence-corrected chi connectivity index (χ0v) is 9.39. The van der Waals surface area contributed by atoms with Crippen LogP contribution in [0.25, 0.3) is 0 Å². The summed E-state index contributed by atoms with van der Waals surface area (Å²) in [5.74, 6) is 0. The summed E-state index contributed by atoms with van der Waals surface area (Å²) in [6.07, 6.45) is 6.07. The molecular formula is C10H17BO2S. The molecule has 1 aromatic heterocycles. The highest BCUT2D eigenvalue weighted by molar-refractivity contribution is 7.20. The largest absolute Gasteiger partial charge is 0.499 e. The second-order valence-corrected chi connectivity index (χ2v) is 4.48. The van der Waals surface area contributed by atoms with Gasteiger partial charge in [0.05, 0.1) is 0 Å². The molecule has 0 aliphatic rings. The van der Waals surface area contributed by atoms with Crippen molar-refractivity contribution in [1.82, 2.24) is 0 Å². The van der Waals surface area contributed by atoms with Gasteiger partial charge in [-0.15, -0.1) is 0 Å². The van der Waals surface area contributed by atoms with Crippen molar-refractivity contribution in [3.05, 3.63) is 17.0 Å². The van der Waals surface area contributed by atoms with Crippen LogP contribution in [0.1, 0.15) is 38.2 Å². The quantitative estimate of drug-likeness (QED) is 0.554. The lowest BCUT2D eigenvalue weighted by molar-refractivity contribution is 0.427. The molecule has 0 atom stereocenters. The summed E-state index contributed by atoms with van der Waals surface area (Å²) in [7, 11) is -1.30. The molecule has 0 aromatic carbocycles. The van der Waals surface area contributed by atoms with E-state index in [1.165, 1.54) is 42.6 Å². The first-order valence-corrected chi connectivity index (χ1v) is 6.05. The Bertz CT molecular complexity index is 260. The number of rotatable bonds is 6. The van der Waals surface area contributed by atoms with Gasteiger partial charge in [0.15, 0.2) is 0 Å². The van der Waals surface area contributed by atoms with Crippen LogP contribution in [0, 0.1) is 0 Å². The summed E-state index contributed by atoms with van der Waals surface area (Å²) >= 11 is 1.42. The molecule has 0 spiro atoms. The summed E-state index contributed by atoms with van der Waals surface area (Å²) in [5.41, 5.74) is 1.23. The van der Waals surface area contributed by atoms with Crippen LogP contribution in [0.15, 0.2) is 11.4 Å². The van der Waals surface area contributed by atoms with Crippen molar-refractivity contribution >= 4 is 23.2 Å². The average molecular weight is 212 g/mol. The third kappa shape index (κ3) is 3.82. The monoisotopic (exact) mass is 212 g/mol. The molecule has 0 radical (unpaired) electrons. The van der Waals surface area contributed by atoms with Gasteiger partial charge in [-0.25, -0.2) is 0 Å². The second-order valence-electron chi connectivity index (χ2n) is 3.54. The van der Waals surface area contributed by atoms with Gasteiger partial charge in [-0.2, -0.15) is 11.3 Å². The molecular weight excluding hydrogens is 195 g/mol. The van der Waals surface area contributed by atoms with Gasteiger partial charge in [0, 0.05) is 4.78 Å². The average Bonchev–Trinajstić information content (AvgIpc) is 2.61. The maximum absolute atomic E-state index is 8.91. The van der Waals surface area contributed by atoms with Crippen LogP contribution in [0.2, 0.25) is 0 Å². The highest BCUT2D eigenvalue weighted by Crippen LogP contribution is 2.10. The van der Waals surface area contributed by atoms with Crippen molar-refractivity contribution in [2.45, 2.75) is 39.0 Å². The highest BCUT2D eigenvalue weighted by atomic mass is 32.1. The molecule has 0 aliphatic carbocycles. The molecule has 1 aromatic rings. The molecule has 14 heavy (non-hydrogen) atoms. The van der Waals surface area contributed by atoms with E-state index in [4.69, 9.17) is 10.0 Å². The smallest absolute Gasteiger partial charge is 0.423 e. The Hall–Kier alpha value is -0.315. The molecule has 0 amide bonds. The van der Waals surface area contributed by atoms with Crippen molar-refractivity contribution < 1.29 is 10.0 Å². The number of aryl methyl sites for hydroxylation is 1. The first-order chi connectivity index (χ1) is 6.74. The Morgan fingerprint density at radius 1 is 1.29 bits per heavy atom. The van der Waals surface area contributed by atoms with Crippen molar-refractivity contribution in [2.75, 3.05) is 0 Å². The van der Waals surface area contributed by atoms with E-state index in [0.717, 1.165) is 6.42 Å². The number of thiophene rings is 1. The Labute approximate surface area is 89.7 Å². The van der Waals surface area contributed by atoms with E-state index in [2.05, 4.69) is 6.92 Å². The van der Waals surface area contributed by atoms with E-state index >= 15 is 0 Å². The Morgan fingerprint density at radius 3 is 2.64 bits per heavy atom. The van der Waals surface area contributed by atoms with Crippen molar-refractivity contribution in [1.29, 1.82) is 0 Å². The molecule has 1 rings (SSSR count). The molecule has 0 bridgehead atoms. The van der Waals surface area contributed by atoms with Crippen LogP contribution in [-0.4, -0.2) is 17.2 Å². The van der Waals surface area contributed by atoms with Gasteiger partial charge in [0.2, 0.25) is 0 Å². The fraction of sp³-hybridized carbons (Fsp3) is 0.600. The van der Waals surface area contributed by atoms with Crippen LogP contribution in [0.5, 0.6) is 0 Å². The molecule has 78 valence electrons. The summed E-state index contributed by atoms with van der Waals surface area (Å²) in [5, 5.41) is 19.8. The molecule has 4 heteroatoms. The zero-order valence-electron chi connectivity index (χ0n) is 8.57. The van der Waals surface area contributed by atoms with Crippen LogP contribution in [0.4, 0.5) is 0 Å². The standard InChI is InChI=1S/C10H17BO2S/c1-2-3-4-5-6-9-7-10(11(12)13)14-8-9/h7-8,12-13H,2-6H2,1H3. The molecule has 2 nitrogen and oxygen atoms in total. The molecule has 0 saturated carbocycles. The summed E-state index contributed by atoms with van der Waals surface area (Å²) < 4.78 is 0.649. The van der Waals surface area contributed by atoms with Crippen molar-refractivity contribution in [3.63, 3.8) is 0 Å². The normalized spacial score (nSPS) is 10.5. The van der Waals surface area contributed by atoms with Crippen molar-refractivity contribution in [3.8, 4) is 0 Å². The third-order valence-electron chi connectivity index (χ3n) is 2.25. The van der Waals surface area contributed by atoms with Gasteiger partial charge < -0.3 is 10.0 Å². The van der Waals surface area contributed by atoms with Crippen LogP contribution in [-0.2, 0) is 6.42 Å². The minimum atomic E-state index is -1.30. The molecule has 0 unspecified atom stereocenters. The third-order valence-corrected chi connectivity index (χ3v) is 3.27. The van der Waals surface area contributed by atoms with Crippen LogP contribution in [0.3, 0.4) is 0 Å². The number of unbranched alkanes of at least 4 members (excludes halogenated alkanes) is 3. The fourth-order valence-corrected chi connectivity index (χ4v) is 2.23. The lowest BCUT2D eigenvalue weighted by Crippen LogP contribution is -2.26. The SMILES string of the molecule is CCCCCCc1csc(B(O)O)c1. The van der Waals surface area contributed by atoms with Crippen LogP contribution >= 0.6 is 11.3 Å². The lowest BCUT2D eigenvalue weighted by atomic mass is 9.89. The van der Waals surface area contributed by atoms with Gasteiger partial charge in [0.1, 0.15) is 0 Å². The predicted octanol–water partition coefficient (Wildman–Crippen LogP) is 1.55. The predicted molar refractivity (Wildman–Crippen MR) is 62.0 cm³/mol. The Morgan fingerprint density at radius 2 is 2.07 bits per heavy atom. The minimum absolute atomic E-state index is 0.649. The van der Waals surface area contributed by atoms with E-state index < -0.39 is 7.12 Å². The van der Waals surface area contributed by atoms with E-state index in [9.17, 15) is 0 Å². The van der Waals surface area contributed by atoms with Gasteiger partial charge >= 0.3 is 7.12 Å². The lowest BCUT2D eigenvalue weighted by Gasteiger charge is -1.96. The van der Waals surface area contributed by atoms with E-state index in [1.54, 1.807) is 0 Å². The molecule has 0 aliphatic heterocycles. The molecule has 1 heterocycles. The van der Waals surface area contributed by atoms with E-state index in [-0.39, 0.29) is 0 Å². The second kappa shape index (κ2) is 6.22. The highest BCUT2D eigenvalue weighted by Gasteiger charge is 2.12. The summed E-state index contributed by atoms with van der Waals surface area (Å²) in [4.78, 5) is 0. The van der Waals surface area contributed by atoms with Gasteiger partial charge in [-0.3, -0.25) is 0 Å². The van der Waals surface area contributed by atoms with E-state index in [1.807, 2.05) is 11.4 Å². The Kier molecular flexibility index (Phi) is 5.23. The van der Waals surface area contributed by atoms with Gasteiger partial charge in [-0.1, -0.05) is 26.2 Å². The minimum Gasteiger partial charge on any atom is -0.423 e. The maximum Gasteiger partial charge on any atom is 0.499 e. The van der Waals surface area contributed by atoms with E-state index in [0.29, 0.717) is 4.78 Å². The van der Waals surface area contributed by atoms with Crippen LogP contribution < -0.4 is 4.78 Å². The van der Waals surface area contributed by atoms with Gasteiger partial charge in [0.25, 0.3) is 0 Å². The first kappa shape index (κ1) is 11.8. The molecule has 0 fully saturated rings. The Balaban J connectivity index is 2.29. The fourth-order valence-electron chi connectivity index (χ4n) is 1.42. The zero-order chi connectivity index (χ0) is 10.4.